The highest BCUT2D eigenvalue weighted by Gasteiger charge is 2.04. The molecule has 0 saturated carbocycles. The van der Waals surface area contributed by atoms with Gasteiger partial charge in [0.1, 0.15) is 0 Å². The first-order valence-corrected chi connectivity index (χ1v) is 5.76. The van der Waals surface area contributed by atoms with E-state index in [0.29, 0.717) is 11.6 Å². The number of aliphatic carboxylic acids is 1. The lowest BCUT2D eigenvalue weighted by Gasteiger charge is -2.14. The molecule has 3 nitrogen and oxygen atoms in total. The molecule has 0 unspecified atom stereocenters. The minimum Gasteiger partial charge on any atom is -0.478 e. The van der Waals surface area contributed by atoms with E-state index in [9.17, 15) is 4.79 Å². The third-order valence-electron chi connectivity index (χ3n) is 2.43. The Hall–Kier alpha value is -1.32. The van der Waals surface area contributed by atoms with Crippen LogP contribution in [0.3, 0.4) is 0 Å². The first-order valence-electron chi connectivity index (χ1n) is 5.38. The molecule has 2 N–H and O–H groups in total. The maximum atomic E-state index is 10.4. The number of carboxylic acid groups (broad SMARTS) is 1. The van der Waals surface area contributed by atoms with Crippen molar-refractivity contribution in [2.24, 2.45) is 0 Å². The number of benzene rings is 1. The minimum absolute atomic E-state index is 0.157. The van der Waals surface area contributed by atoms with Gasteiger partial charge in [-0.25, -0.2) is 4.79 Å². The summed E-state index contributed by atoms with van der Waals surface area (Å²) >= 11 is 5.81. The summed E-state index contributed by atoms with van der Waals surface area (Å²) in [4.78, 5) is 10.4. The Kier molecular flexibility index (Phi) is 5.19. The van der Waals surface area contributed by atoms with Crippen LogP contribution in [0.25, 0.3) is 0 Å². The number of hydrogen-bond donors (Lipinski definition) is 2. The normalized spacial score (nSPS) is 13.5. The van der Waals surface area contributed by atoms with Gasteiger partial charge in [0, 0.05) is 23.7 Å². The second kappa shape index (κ2) is 6.42. The molecule has 0 saturated heterocycles. The van der Waals surface area contributed by atoms with Crippen LogP contribution in [-0.4, -0.2) is 17.6 Å². The van der Waals surface area contributed by atoms with Crippen molar-refractivity contribution in [2.75, 3.05) is 6.54 Å². The summed E-state index contributed by atoms with van der Waals surface area (Å²) < 4.78 is 0. The van der Waals surface area contributed by atoms with Crippen LogP contribution in [0.2, 0.25) is 5.02 Å². The van der Waals surface area contributed by atoms with E-state index in [1.54, 1.807) is 6.92 Å². The molecule has 0 aliphatic heterocycles. The molecule has 0 aromatic heterocycles. The predicted molar refractivity (Wildman–Crippen MR) is 69.3 cm³/mol. The van der Waals surface area contributed by atoms with Gasteiger partial charge in [0.25, 0.3) is 0 Å². The number of halogens is 1. The van der Waals surface area contributed by atoms with Crippen molar-refractivity contribution in [1.82, 2.24) is 5.32 Å². The van der Waals surface area contributed by atoms with Gasteiger partial charge >= 0.3 is 5.97 Å². The van der Waals surface area contributed by atoms with E-state index in [2.05, 4.69) is 5.32 Å². The van der Waals surface area contributed by atoms with Crippen molar-refractivity contribution < 1.29 is 9.90 Å². The highest BCUT2D eigenvalue weighted by molar-refractivity contribution is 6.30. The molecular weight excluding hydrogens is 238 g/mol. The maximum absolute atomic E-state index is 10.4. The van der Waals surface area contributed by atoms with Gasteiger partial charge in [-0.1, -0.05) is 29.3 Å². The third-order valence-corrected chi connectivity index (χ3v) is 2.68. The molecular formula is C13H16ClNO2. The van der Waals surface area contributed by atoms with Crippen molar-refractivity contribution in [1.29, 1.82) is 0 Å². The van der Waals surface area contributed by atoms with Crippen LogP contribution in [0.15, 0.2) is 35.9 Å². The number of carboxylic acids is 1. The van der Waals surface area contributed by atoms with Crippen LogP contribution in [0.4, 0.5) is 0 Å². The average molecular weight is 254 g/mol. The quantitative estimate of drug-likeness (QED) is 0.793. The molecule has 0 bridgehead atoms. The zero-order valence-electron chi connectivity index (χ0n) is 9.90. The number of hydrogen-bond acceptors (Lipinski definition) is 2. The highest BCUT2D eigenvalue weighted by Crippen LogP contribution is 2.16. The zero-order valence-corrected chi connectivity index (χ0v) is 10.7. The maximum Gasteiger partial charge on any atom is 0.328 e. The summed E-state index contributed by atoms with van der Waals surface area (Å²) in [6.45, 7) is 4.36. The molecule has 1 atom stereocenters. The van der Waals surface area contributed by atoms with Gasteiger partial charge in [-0.15, -0.1) is 0 Å². The number of rotatable bonds is 5. The fourth-order valence-corrected chi connectivity index (χ4v) is 1.57. The Morgan fingerprint density at radius 3 is 2.59 bits per heavy atom. The van der Waals surface area contributed by atoms with Crippen molar-refractivity contribution in [3.05, 3.63) is 46.5 Å². The van der Waals surface area contributed by atoms with Crippen LogP contribution in [0.1, 0.15) is 25.5 Å². The standard InChI is InChI=1S/C13H16ClNO2/c1-9(7-13(16)17)8-15-10(2)11-3-5-12(14)6-4-11/h3-7,10,15H,8H2,1-2H3,(H,16,17)/b9-7+/t10-/m1/s1. The molecule has 0 amide bonds. The minimum atomic E-state index is -0.913. The third kappa shape index (κ3) is 5.02. The van der Waals surface area contributed by atoms with Crippen molar-refractivity contribution in [2.45, 2.75) is 19.9 Å². The van der Waals surface area contributed by atoms with Gasteiger partial charge in [0.2, 0.25) is 0 Å². The molecule has 1 aromatic carbocycles. The Morgan fingerprint density at radius 1 is 1.47 bits per heavy atom. The Bertz CT molecular complexity index is 412. The van der Waals surface area contributed by atoms with Crippen LogP contribution >= 0.6 is 11.6 Å². The van der Waals surface area contributed by atoms with Crippen LogP contribution in [0.5, 0.6) is 0 Å². The SMILES string of the molecule is C/C(=C\C(=O)O)CN[C@H](C)c1ccc(Cl)cc1. The predicted octanol–water partition coefficient (Wildman–Crippen LogP) is 3.02. The van der Waals surface area contributed by atoms with E-state index in [0.717, 1.165) is 11.1 Å². The van der Waals surface area contributed by atoms with E-state index >= 15 is 0 Å². The highest BCUT2D eigenvalue weighted by atomic mass is 35.5. The van der Waals surface area contributed by atoms with Crippen molar-refractivity contribution in [3.63, 3.8) is 0 Å². The number of carbonyl (C=O) groups is 1. The van der Waals surface area contributed by atoms with Gasteiger partial charge in [-0.05, 0) is 31.5 Å². The molecule has 92 valence electrons. The van der Waals surface area contributed by atoms with Crippen LogP contribution in [0, 0.1) is 0 Å². The lowest BCUT2D eigenvalue weighted by Crippen LogP contribution is -2.20. The molecule has 0 fully saturated rings. The zero-order chi connectivity index (χ0) is 12.8. The molecule has 4 heteroatoms. The smallest absolute Gasteiger partial charge is 0.328 e. The summed E-state index contributed by atoms with van der Waals surface area (Å²) in [6.07, 6.45) is 1.21. The lowest BCUT2D eigenvalue weighted by molar-refractivity contribution is -0.131. The summed E-state index contributed by atoms with van der Waals surface area (Å²) in [6, 6.07) is 7.75. The first-order chi connectivity index (χ1) is 7.99. The molecule has 17 heavy (non-hydrogen) atoms. The Balaban J connectivity index is 2.52. The summed E-state index contributed by atoms with van der Waals surface area (Å²) in [5.41, 5.74) is 1.91. The van der Waals surface area contributed by atoms with Gasteiger partial charge in [-0.3, -0.25) is 0 Å². The molecule has 1 aromatic rings. The van der Waals surface area contributed by atoms with E-state index in [1.165, 1.54) is 6.08 Å². The average Bonchev–Trinajstić information content (AvgIpc) is 2.26. The summed E-state index contributed by atoms with van der Waals surface area (Å²) in [5, 5.41) is 12.5. The largest absolute Gasteiger partial charge is 0.478 e. The van der Waals surface area contributed by atoms with Gasteiger partial charge < -0.3 is 10.4 Å². The van der Waals surface area contributed by atoms with Gasteiger partial charge in [-0.2, -0.15) is 0 Å². The second-order valence-electron chi connectivity index (χ2n) is 3.98. The Morgan fingerprint density at radius 2 is 2.06 bits per heavy atom. The molecule has 1 rings (SSSR count). The fraction of sp³-hybridized carbons (Fsp3) is 0.308. The second-order valence-corrected chi connectivity index (χ2v) is 4.42. The lowest BCUT2D eigenvalue weighted by atomic mass is 10.1. The summed E-state index contributed by atoms with van der Waals surface area (Å²) in [5.74, 6) is -0.913. The van der Waals surface area contributed by atoms with Crippen molar-refractivity contribution in [3.8, 4) is 0 Å². The van der Waals surface area contributed by atoms with Crippen molar-refractivity contribution >= 4 is 17.6 Å². The Labute approximate surface area is 106 Å². The van der Waals surface area contributed by atoms with E-state index in [-0.39, 0.29) is 6.04 Å². The van der Waals surface area contributed by atoms with E-state index in [1.807, 2.05) is 31.2 Å². The molecule has 0 aliphatic rings. The van der Waals surface area contributed by atoms with E-state index in [4.69, 9.17) is 16.7 Å². The van der Waals surface area contributed by atoms with E-state index < -0.39 is 5.97 Å². The molecule has 0 heterocycles. The monoisotopic (exact) mass is 253 g/mol. The van der Waals surface area contributed by atoms with Gasteiger partial charge in [0.05, 0.1) is 0 Å². The first kappa shape index (κ1) is 13.7. The fourth-order valence-electron chi connectivity index (χ4n) is 1.45. The molecule has 0 radical (unpaired) electrons. The summed E-state index contributed by atoms with van der Waals surface area (Å²) in [7, 11) is 0. The number of nitrogens with one attached hydrogen (secondary N) is 1. The molecule has 0 aliphatic carbocycles. The van der Waals surface area contributed by atoms with Crippen LogP contribution in [-0.2, 0) is 4.79 Å². The topological polar surface area (TPSA) is 49.3 Å². The molecule has 0 spiro atoms. The van der Waals surface area contributed by atoms with Crippen LogP contribution < -0.4 is 5.32 Å². The van der Waals surface area contributed by atoms with Gasteiger partial charge in [0.15, 0.2) is 0 Å².